The number of aliphatic hydroxyl groups is 1. The highest BCUT2D eigenvalue weighted by atomic mass is 16.3. The van der Waals surface area contributed by atoms with Crippen LogP contribution in [-0.4, -0.2) is 28.9 Å². The molecule has 3 N–H and O–H groups in total. The molecule has 4 unspecified atom stereocenters. The van der Waals surface area contributed by atoms with Crippen LogP contribution in [0.1, 0.15) is 71.3 Å². The van der Waals surface area contributed by atoms with Gasteiger partial charge >= 0.3 is 0 Å². The van der Waals surface area contributed by atoms with Gasteiger partial charge in [-0.2, -0.15) is 0 Å². The summed E-state index contributed by atoms with van der Waals surface area (Å²) in [5, 5.41) is 22.9. The highest BCUT2D eigenvalue weighted by Crippen LogP contribution is 2.38. The van der Waals surface area contributed by atoms with Crippen LogP contribution in [0.2, 0.25) is 0 Å². The zero-order chi connectivity index (χ0) is 17.7. The molecular weight excluding hydrogens is 298 g/mol. The van der Waals surface area contributed by atoms with E-state index < -0.39 is 0 Å². The van der Waals surface area contributed by atoms with Crippen molar-refractivity contribution in [3.8, 4) is 5.75 Å². The number of hydrogen-bond acceptors (Lipinski definition) is 3. The van der Waals surface area contributed by atoms with E-state index in [0.29, 0.717) is 23.6 Å². The van der Waals surface area contributed by atoms with Crippen LogP contribution in [-0.2, 0) is 0 Å². The SMILES string of the molecule is CC1CC(c2ccccc2O)CCN1.CC1CCCC(C)(C)C1O. The standard InChI is InChI=1S/C12H17NO.C9H18O/c1-9-8-10(6-7-13-9)11-4-2-3-5-12(11)14;1-7-5-4-6-9(2,3)8(7)10/h2-5,9-10,13-14H,6-8H2,1H3;7-8,10H,4-6H2,1-3H3. The Kier molecular flexibility index (Phi) is 6.70. The van der Waals surface area contributed by atoms with E-state index in [0.717, 1.165) is 24.9 Å². The van der Waals surface area contributed by atoms with Crippen molar-refractivity contribution >= 4 is 0 Å². The molecule has 4 atom stereocenters. The molecule has 0 aromatic heterocycles. The van der Waals surface area contributed by atoms with E-state index in [9.17, 15) is 10.2 Å². The monoisotopic (exact) mass is 333 g/mol. The lowest BCUT2D eigenvalue weighted by atomic mass is 9.70. The number of rotatable bonds is 1. The summed E-state index contributed by atoms with van der Waals surface area (Å²) in [5.41, 5.74) is 1.28. The van der Waals surface area contributed by atoms with Crippen molar-refractivity contribution in [3.63, 3.8) is 0 Å². The minimum Gasteiger partial charge on any atom is -0.508 e. The molecule has 1 aromatic rings. The van der Waals surface area contributed by atoms with Gasteiger partial charge in [-0.05, 0) is 68.0 Å². The smallest absolute Gasteiger partial charge is 0.119 e. The lowest BCUT2D eigenvalue weighted by Crippen LogP contribution is -2.38. The molecule has 3 rings (SSSR count). The zero-order valence-electron chi connectivity index (χ0n) is 15.8. The maximum atomic E-state index is 9.73. The van der Waals surface area contributed by atoms with Gasteiger partial charge in [-0.25, -0.2) is 0 Å². The molecule has 2 aliphatic rings. The molecule has 1 saturated heterocycles. The van der Waals surface area contributed by atoms with E-state index in [-0.39, 0.29) is 11.5 Å². The number of hydrogen-bond donors (Lipinski definition) is 3. The maximum Gasteiger partial charge on any atom is 0.119 e. The summed E-state index contributed by atoms with van der Waals surface area (Å²) in [7, 11) is 0. The van der Waals surface area contributed by atoms with Gasteiger partial charge in [0.2, 0.25) is 0 Å². The quantitative estimate of drug-likeness (QED) is 0.712. The molecule has 1 aliphatic heterocycles. The van der Waals surface area contributed by atoms with E-state index in [4.69, 9.17) is 0 Å². The molecule has 1 aliphatic carbocycles. The fourth-order valence-corrected chi connectivity index (χ4v) is 4.20. The van der Waals surface area contributed by atoms with Crippen molar-refractivity contribution in [1.82, 2.24) is 5.32 Å². The topological polar surface area (TPSA) is 52.5 Å². The van der Waals surface area contributed by atoms with Gasteiger partial charge in [-0.15, -0.1) is 0 Å². The third-order valence-electron chi connectivity index (χ3n) is 5.82. The number of phenols is 1. The van der Waals surface area contributed by atoms with Crippen LogP contribution in [0.3, 0.4) is 0 Å². The predicted molar refractivity (Wildman–Crippen MR) is 100 cm³/mol. The summed E-state index contributed by atoms with van der Waals surface area (Å²) in [6.07, 6.45) is 5.83. The van der Waals surface area contributed by atoms with Crippen LogP contribution in [0.5, 0.6) is 5.75 Å². The van der Waals surface area contributed by atoms with Gasteiger partial charge in [0.25, 0.3) is 0 Å². The van der Waals surface area contributed by atoms with Crippen molar-refractivity contribution in [3.05, 3.63) is 29.8 Å². The Balaban J connectivity index is 0.000000185. The number of nitrogens with one attached hydrogen (secondary N) is 1. The van der Waals surface area contributed by atoms with Gasteiger partial charge in [-0.3, -0.25) is 0 Å². The van der Waals surface area contributed by atoms with Gasteiger partial charge in [0.05, 0.1) is 6.10 Å². The first-order chi connectivity index (χ1) is 11.3. The van der Waals surface area contributed by atoms with Crippen molar-refractivity contribution < 1.29 is 10.2 Å². The number of para-hydroxylation sites is 1. The second-order valence-electron chi connectivity index (χ2n) is 8.44. The number of benzene rings is 1. The summed E-state index contributed by atoms with van der Waals surface area (Å²) < 4.78 is 0. The Hall–Kier alpha value is -1.06. The minimum absolute atomic E-state index is 0.0822. The first-order valence-corrected chi connectivity index (χ1v) is 9.50. The Morgan fingerprint density at radius 1 is 1.12 bits per heavy atom. The van der Waals surface area contributed by atoms with Gasteiger partial charge in [0.15, 0.2) is 0 Å². The van der Waals surface area contributed by atoms with Crippen LogP contribution < -0.4 is 5.32 Å². The Morgan fingerprint density at radius 2 is 1.83 bits per heavy atom. The molecule has 0 bridgehead atoms. The zero-order valence-corrected chi connectivity index (χ0v) is 15.8. The number of phenolic OH excluding ortho intramolecular Hbond substituents is 1. The van der Waals surface area contributed by atoms with Gasteiger partial charge in [0.1, 0.15) is 5.75 Å². The molecule has 1 heterocycles. The van der Waals surface area contributed by atoms with Gasteiger partial charge < -0.3 is 15.5 Å². The number of aromatic hydroxyl groups is 1. The first kappa shape index (κ1) is 19.3. The van der Waals surface area contributed by atoms with Gasteiger partial charge in [-0.1, -0.05) is 45.4 Å². The first-order valence-electron chi connectivity index (χ1n) is 9.50. The Labute approximate surface area is 147 Å². The third kappa shape index (κ3) is 4.97. The molecule has 2 fully saturated rings. The Bertz CT molecular complexity index is 514. The van der Waals surface area contributed by atoms with Crippen LogP contribution in [0, 0.1) is 11.3 Å². The highest BCUT2D eigenvalue weighted by Gasteiger charge is 2.34. The van der Waals surface area contributed by atoms with E-state index in [2.05, 4.69) is 33.0 Å². The highest BCUT2D eigenvalue weighted by molar-refractivity contribution is 5.35. The normalized spacial score (nSPS) is 32.5. The van der Waals surface area contributed by atoms with Crippen LogP contribution in [0.25, 0.3) is 0 Å². The molecule has 136 valence electrons. The van der Waals surface area contributed by atoms with Crippen LogP contribution in [0.15, 0.2) is 24.3 Å². The van der Waals surface area contributed by atoms with Gasteiger partial charge in [0, 0.05) is 6.04 Å². The number of piperidine rings is 1. The molecule has 1 saturated carbocycles. The number of aliphatic hydroxyl groups excluding tert-OH is 1. The summed E-state index contributed by atoms with van der Waals surface area (Å²) in [4.78, 5) is 0. The molecule has 0 radical (unpaired) electrons. The van der Waals surface area contributed by atoms with Crippen LogP contribution >= 0.6 is 0 Å². The van der Waals surface area contributed by atoms with Crippen molar-refractivity contribution in [2.45, 2.75) is 77.9 Å². The third-order valence-corrected chi connectivity index (χ3v) is 5.82. The van der Waals surface area contributed by atoms with Crippen molar-refractivity contribution in [2.75, 3.05) is 6.54 Å². The molecule has 0 amide bonds. The molecular formula is C21H35NO2. The Morgan fingerprint density at radius 3 is 2.42 bits per heavy atom. The summed E-state index contributed by atoms with van der Waals surface area (Å²) >= 11 is 0. The lowest BCUT2D eigenvalue weighted by molar-refractivity contribution is -0.0254. The van der Waals surface area contributed by atoms with E-state index >= 15 is 0 Å². The molecule has 3 nitrogen and oxygen atoms in total. The second-order valence-corrected chi connectivity index (χ2v) is 8.44. The fraction of sp³-hybridized carbons (Fsp3) is 0.714. The average molecular weight is 334 g/mol. The molecule has 3 heteroatoms. The molecule has 0 spiro atoms. The fourth-order valence-electron chi connectivity index (χ4n) is 4.20. The lowest BCUT2D eigenvalue weighted by Gasteiger charge is -2.39. The summed E-state index contributed by atoms with van der Waals surface area (Å²) in [6, 6.07) is 8.26. The van der Waals surface area contributed by atoms with E-state index in [1.807, 2.05) is 18.2 Å². The van der Waals surface area contributed by atoms with E-state index in [1.54, 1.807) is 6.07 Å². The summed E-state index contributed by atoms with van der Waals surface area (Å²) in [6.45, 7) is 9.72. The van der Waals surface area contributed by atoms with Crippen molar-refractivity contribution in [1.29, 1.82) is 0 Å². The van der Waals surface area contributed by atoms with Crippen LogP contribution in [0.4, 0.5) is 0 Å². The minimum atomic E-state index is -0.0822. The second kappa shape index (κ2) is 8.35. The average Bonchev–Trinajstić information content (AvgIpc) is 2.53. The molecule has 1 aromatic carbocycles. The van der Waals surface area contributed by atoms with Crippen molar-refractivity contribution in [2.24, 2.45) is 11.3 Å². The van der Waals surface area contributed by atoms with E-state index in [1.165, 1.54) is 19.3 Å². The molecule has 24 heavy (non-hydrogen) atoms. The maximum absolute atomic E-state index is 9.73. The largest absolute Gasteiger partial charge is 0.508 e. The summed E-state index contributed by atoms with van der Waals surface area (Å²) in [5.74, 6) is 1.47. The predicted octanol–water partition coefficient (Wildman–Crippen LogP) is 4.44.